The van der Waals surface area contributed by atoms with Crippen LogP contribution in [0, 0.1) is 17.3 Å². The molecule has 3 aliphatic rings. The number of rotatable bonds is 0. The molecular formula is C15H18N2O2. The van der Waals surface area contributed by atoms with E-state index in [1.165, 1.54) is 0 Å². The van der Waals surface area contributed by atoms with E-state index in [1.54, 1.807) is 0 Å². The Hall–Kier alpha value is -1.71. The Morgan fingerprint density at radius 3 is 2.53 bits per heavy atom. The van der Waals surface area contributed by atoms with Crippen molar-refractivity contribution in [2.45, 2.75) is 19.4 Å². The van der Waals surface area contributed by atoms with Crippen molar-refractivity contribution in [2.24, 2.45) is 28.0 Å². The molecule has 4 heteroatoms. The third-order valence-corrected chi connectivity index (χ3v) is 5.57. The minimum absolute atomic E-state index is 0.0302. The standard InChI is InChI=1S/C15H18N2O2/c1-9-10(2)14(9)7-18-12-6-4-3-5-11(12)15(14)8-19-13(16)17-15/h3-6,9-10H,7-8H2,1-2H3,(H2,16,17). The minimum atomic E-state index is -0.356. The third-order valence-electron chi connectivity index (χ3n) is 5.57. The van der Waals surface area contributed by atoms with E-state index >= 15 is 0 Å². The third kappa shape index (κ3) is 1.09. The van der Waals surface area contributed by atoms with Gasteiger partial charge in [0.15, 0.2) is 0 Å². The quantitative estimate of drug-likeness (QED) is 0.773. The Bertz CT molecular complexity index is 575. The molecule has 2 heterocycles. The fraction of sp³-hybridized carbons (Fsp3) is 0.533. The van der Waals surface area contributed by atoms with E-state index < -0.39 is 0 Å². The highest BCUT2D eigenvalue weighted by atomic mass is 16.5. The first kappa shape index (κ1) is 11.1. The summed E-state index contributed by atoms with van der Waals surface area (Å²) in [4.78, 5) is 4.73. The summed E-state index contributed by atoms with van der Waals surface area (Å²) in [5.74, 6) is 2.06. The van der Waals surface area contributed by atoms with Crippen LogP contribution in [0.3, 0.4) is 0 Å². The van der Waals surface area contributed by atoms with Gasteiger partial charge in [0.1, 0.15) is 17.9 Å². The first-order valence-electron chi connectivity index (χ1n) is 6.82. The first-order valence-corrected chi connectivity index (χ1v) is 6.82. The van der Waals surface area contributed by atoms with Crippen LogP contribution >= 0.6 is 0 Å². The number of benzene rings is 1. The molecule has 1 fully saturated rings. The van der Waals surface area contributed by atoms with Crippen LogP contribution in [0.25, 0.3) is 0 Å². The number of nitrogens with two attached hydrogens (primary N) is 1. The van der Waals surface area contributed by atoms with Crippen molar-refractivity contribution in [2.75, 3.05) is 13.2 Å². The number of nitrogens with zero attached hydrogens (tertiary/aromatic N) is 1. The summed E-state index contributed by atoms with van der Waals surface area (Å²) in [5, 5.41) is 0. The van der Waals surface area contributed by atoms with E-state index in [0.29, 0.717) is 31.1 Å². The van der Waals surface area contributed by atoms with Crippen molar-refractivity contribution in [3.05, 3.63) is 29.8 Å². The fourth-order valence-electron chi connectivity index (χ4n) is 4.19. The number of para-hydroxylation sites is 1. The highest BCUT2D eigenvalue weighted by Gasteiger charge is 2.74. The molecule has 4 rings (SSSR count). The van der Waals surface area contributed by atoms with Gasteiger partial charge >= 0.3 is 0 Å². The van der Waals surface area contributed by atoms with Crippen molar-refractivity contribution in [1.82, 2.24) is 0 Å². The summed E-state index contributed by atoms with van der Waals surface area (Å²) in [5.41, 5.74) is 6.62. The maximum absolute atomic E-state index is 6.00. The molecule has 0 saturated heterocycles. The zero-order chi connectivity index (χ0) is 13.3. The summed E-state index contributed by atoms with van der Waals surface area (Å²) in [6, 6.07) is 8.44. The predicted octanol–water partition coefficient (Wildman–Crippen LogP) is 1.89. The molecule has 2 aliphatic heterocycles. The number of hydrogen-bond donors (Lipinski definition) is 1. The molecule has 0 radical (unpaired) electrons. The van der Waals surface area contributed by atoms with Gasteiger partial charge in [0.2, 0.25) is 0 Å². The highest BCUT2D eigenvalue weighted by Crippen LogP contribution is 2.71. The second kappa shape index (κ2) is 3.24. The van der Waals surface area contributed by atoms with Gasteiger partial charge in [-0.3, -0.25) is 0 Å². The number of amidine groups is 1. The first-order chi connectivity index (χ1) is 9.12. The monoisotopic (exact) mass is 258 g/mol. The molecule has 1 saturated carbocycles. The average molecular weight is 258 g/mol. The van der Waals surface area contributed by atoms with Crippen LogP contribution < -0.4 is 10.5 Å². The van der Waals surface area contributed by atoms with Gasteiger partial charge in [-0.15, -0.1) is 0 Å². The molecule has 2 N–H and O–H groups in total. The van der Waals surface area contributed by atoms with Gasteiger partial charge in [0.05, 0.1) is 6.61 Å². The molecule has 3 unspecified atom stereocenters. The summed E-state index contributed by atoms with van der Waals surface area (Å²) < 4.78 is 11.5. The lowest BCUT2D eigenvalue weighted by molar-refractivity contribution is 0.0688. The summed E-state index contributed by atoms with van der Waals surface area (Å²) >= 11 is 0. The van der Waals surface area contributed by atoms with E-state index in [2.05, 4.69) is 19.9 Å². The lowest BCUT2D eigenvalue weighted by Gasteiger charge is -2.40. The van der Waals surface area contributed by atoms with Crippen LogP contribution in [0.5, 0.6) is 5.75 Å². The molecule has 1 aliphatic carbocycles. The second-order valence-electron chi connectivity index (χ2n) is 6.00. The second-order valence-corrected chi connectivity index (χ2v) is 6.00. The molecular weight excluding hydrogens is 240 g/mol. The smallest absolute Gasteiger partial charge is 0.283 e. The number of hydrogen-bond acceptors (Lipinski definition) is 4. The summed E-state index contributed by atoms with van der Waals surface area (Å²) in [7, 11) is 0. The van der Waals surface area contributed by atoms with Crippen LogP contribution in [-0.4, -0.2) is 19.2 Å². The largest absolute Gasteiger partial charge is 0.492 e. The van der Waals surface area contributed by atoms with Crippen LogP contribution in [0.1, 0.15) is 19.4 Å². The van der Waals surface area contributed by atoms with Gasteiger partial charge in [-0.25, -0.2) is 4.99 Å². The van der Waals surface area contributed by atoms with Gasteiger partial charge in [-0.05, 0) is 17.9 Å². The van der Waals surface area contributed by atoms with Crippen molar-refractivity contribution in [3.8, 4) is 5.75 Å². The summed E-state index contributed by atoms with van der Waals surface area (Å²) in [6.45, 7) is 5.78. The van der Waals surface area contributed by atoms with Gasteiger partial charge < -0.3 is 15.2 Å². The Morgan fingerprint density at radius 1 is 1.16 bits per heavy atom. The normalized spacial score (nSPS) is 42.5. The molecule has 0 amide bonds. The number of fused-ring (bicyclic) bond motifs is 3. The average Bonchev–Trinajstić information content (AvgIpc) is 2.77. The predicted molar refractivity (Wildman–Crippen MR) is 72.0 cm³/mol. The maximum Gasteiger partial charge on any atom is 0.283 e. The van der Waals surface area contributed by atoms with E-state index in [9.17, 15) is 0 Å². The molecule has 1 aromatic rings. The van der Waals surface area contributed by atoms with Gasteiger partial charge in [-0.1, -0.05) is 32.0 Å². The Morgan fingerprint density at radius 2 is 1.89 bits per heavy atom. The minimum Gasteiger partial charge on any atom is -0.492 e. The van der Waals surface area contributed by atoms with Crippen molar-refractivity contribution >= 4 is 6.02 Å². The molecule has 2 spiro atoms. The molecule has 19 heavy (non-hydrogen) atoms. The van der Waals surface area contributed by atoms with E-state index in [-0.39, 0.29) is 11.0 Å². The van der Waals surface area contributed by atoms with Crippen LogP contribution in [0.15, 0.2) is 29.3 Å². The van der Waals surface area contributed by atoms with Crippen LogP contribution in [0.2, 0.25) is 0 Å². The Kier molecular flexibility index (Phi) is 1.90. The molecule has 3 atom stereocenters. The zero-order valence-electron chi connectivity index (χ0n) is 11.2. The van der Waals surface area contributed by atoms with Crippen LogP contribution in [-0.2, 0) is 10.3 Å². The molecule has 0 bridgehead atoms. The maximum atomic E-state index is 6.00. The molecule has 0 aromatic heterocycles. The van der Waals surface area contributed by atoms with Gasteiger partial charge in [0, 0.05) is 11.0 Å². The Balaban J connectivity index is 1.96. The topological polar surface area (TPSA) is 56.8 Å². The Labute approximate surface area is 112 Å². The molecule has 100 valence electrons. The van der Waals surface area contributed by atoms with E-state index in [4.69, 9.17) is 20.2 Å². The van der Waals surface area contributed by atoms with Crippen molar-refractivity contribution in [3.63, 3.8) is 0 Å². The fourth-order valence-corrected chi connectivity index (χ4v) is 4.19. The summed E-state index contributed by atoms with van der Waals surface area (Å²) in [6.07, 6.45) is 0. The molecule has 4 nitrogen and oxygen atoms in total. The van der Waals surface area contributed by atoms with Crippen molar-refractivity contribution < 1.29 is 9.47 Å². The lowest BCUT2D eigenvalue weighted by atomic mass is 9.72. The number of ether oxygens (including phenoxy) is 2. The zero-order valence-corrected chi connectivity index (χ0v) is 11.2. The van der Waals surface area contributed by atoms with Gasteiger partial charge in [0.25, 0.3) is 6.02 Å². The highest BCUT2D eigenvalue weighted by molar-refractivity contribution is 5.75. The van der Waals surface area contributed by atoms with Gasteiger partial charge in [-0.2, -0.15) is 0 Å². The van der Waals surface area contributed by atoms with Crippen molar-refractivity contribution in [1.29, 1.82) is 0 Å². The SMILES string of the molecule is CC1C(C)C12COc1ccccc1C21COC(N)=N1. The van der Waals surface area contributed by atoms with Crippen LogP contribution in [0.4, 0.5) is 0 Å². The van der Waals surface area contributed by atoms with E-state index in [1.807, 2.05) is 18.2 Å². The van der Waals surface area contributed by atoms with E-state index in [0.717, 1.165) is 11.3 Å². The lowest BCUT2D eigenvalue weighted by Crippen LogP contribution is -2.46. The number of aliphatic imine (C=N–C) groups is 1. The molecule has 1 aromatic carbocycles.